The lowest BCUT2D eigenvalue weighted by Crippen LogP contribution is -2.29. The molecule has 0 atom stereocenters. The van der Waals surface area contributed by atoms with Gasteiger partial charge in [-0.3, -0.25) is 4.79 Å². The van der Waals surface area contributed by atoms with Crippen molar-refractivity contribution < 1.29 is 4.79 Å². The Morgan fingerprint density at radius 1 is 0.654 bits per heavy atom. The Hall–Kier alpha value is -2.09. The Bertz CT molecular complexity index is 577. The van der Waals surface area contributed by atoms with Crippen LogP contribution in [0.4, 0.5) is 0 Å². The van der Waals surface area contributed by atoms with Gasteiger partial charge >= 0.3 is 0 Å². The van der Waals surface area contributed by atoms with Crippen LogP contribution in [-0.2, 0) is 4.79 Å². The molecule has 2 aliphatic rings. The van der Waals surface area contributed by atoms with E-state index in [4.69, 9.17) is 0 Å². The molecule has 0 radical (unpaired) electrons. The van der Waals surface area contributed by atoms with Crippen LogP contribution in [0, 0.1) is 5.92 Å². The van der Waals surface area contributed by atoms with Crippen LogP contribution in [0.25, 0.3) is 0 Å². The van der Waals surface area contributed by atoms with E-state index in [0.29, 0.717) is 0 Å². The van der Waals surface area contributed by atoms with Gasteiger partial charge in [0.2, 0.25) is 5.91 Å². The van der Waals surface area contributed by atoms with Crippen molar-refractivity contribution in [1.29, 1.82) is 0 Å². The Morgan fingerprint density at radius 3 is 1.69 bits per heavy atom. The fourth-order valence-corrected chi connectivity index (χ4v) is 3.40. The average molecular weight is 352 g/mol. The second-order valence-electron chi connectivity index (χ2n) is 7.11. The highest BCUT2D eigenvalue weighted by atomic mass is 16.1. The van der Waals surface area contributed by atoms with Gasteiger partial charge in [-0.15, -0.1) is 0 Å². The zero-order chi connectivity index (χ0) is 18.3. The molecule has 1 N–H and O–H groups in total. The minimum atomic E-state index is 0.145. The number of amides is 1. The first-order valence-corrected chi connectivity index (χ1v) is 10.2. The van der Waals surface area contributed by atoms with Gasteiger partial charge in [-0.1, -0.05) is 106 Å². The molecule has 2 aliphatic carbocycles. The molecule has 2 nitrogen and oxygen atoms in total. The molecule has 0 aromatic carbocycles. The van der Waals surface area contributed by atoms with Crippen LogP contribution in [0.5, 0.6) is 0 Å². The number of hydrogen-bond acceptors (Lipinski definition) is 1. The summed E-state index contributed by atoms with van der Waals surface area (Å²) >= 11 is 0. The summed E-state index contributed by atoms with van der Waals surface area (Å²) in [6, 6.07) is 0. The standard InChI is InChI=1S/C24H33NO/c26-24(22-18-14-10-6-4-5-7-11-15-19-22)25-23-20-16-12-8-2-1-3-9-13-17-21-23/h1-3,8-9,12-13,16-17,20-22H,4-7,10-11,14-15,18-19H2,(H,25,26)/b2-1-,3-1?,8-2?,9-3-,12-8-,13-9?,16-12?,17-13-,20-16?,21-17?,23-20?,23-21?. The van der Waals surface area contributed by atoms with Crippen molar-refractivity contribution in [3.05, 3.63) is 72.5 Å². The average Bonchev–Trinajstić information content (AvgIpc) is 2.69. The summed E-state index contributed by atoms with van der Waals surface area (Å²) < 4.78 is 0. The molecule has 0 heterocycles. The predicted octanol–water partition coefficient (Wildman–Crippen LogP) is 6.31. The molecule has 0 unspecified atom stereocenters. The second kappa shape index (κ2) is 13.2. The highest BCUT2D eigenvalue weighted by Gasteiger charge is 2.18. The molecule has 0 saturated heterocycles. The van der Waals surface area contributed by atoms with Gasteiger partial charge in [0.1, 0.15) is 0 Å². The quantitative estimate of drug-likeness (QED) is 0.620. The van der Waals surface area contributed by atoms with Crippen LogP contribution in [-0.4, -0.2) is 5.91 Å². The first-order valence-electron chi connectivity index (χ1n) is 10.2. The largest absolute Gasteiger partial charge is 0.326 e. The van der Waals surface area contributed by atoms with Crippen LogP contribution in [0.3, 0.4) is 0 Å². The van der Waals surface area contributed by atoms with Crippen molar-refractivity contribution in [3.8, 4) is 0 Å². The van der Waals surface area contributed by atoms with Crippen molar-refractivity contribution in [1.82, 2.24) is 5.32 Å². The molecule has 1 amide bonds. The maximum Gasteiger partial charge on any atom is 0.227 e. The molecule has 0 spiro atoms. The van der Waals surface area contributed by atoms with E-state index < -0.39 is 0 Å². The third-order valence-electron chi connectivity index (χ3n) is 4.93. The number of hydrogen-bond donors (Lipinski definition) is 1. The van der Waals surface area contributed by atoms with Gasteiger partial charge in [-0.25, -0.2) is 0 Å². The van der Waals surface area contributed by atoms with Gasteiger partial charge in [0.15, 0.2) is 0 Å². The fraction of sp³-hybridized carbons (Fsp3) is 0.458. The third-order valence-corrected chi connectivity index (χ3v) is 4.93. The first-order chi connectivity index (χ1) is 12.9. The highest BCUT2D eigenvalue weighted by molar-refractivity contribution is 5.80. The summed E-state index contributed by atoms with van der Waals surface area (Å²) in [6.45, 7) is 0. The van der Waals surface area contributed by atoms with Crippen LogP contribution in [0.15, 0.2) is 72.5 Å². The molecule has 0 bridgehead atoms. The van der Waals surface area contributed by atoms with Crippen molar-refractivity contribution >= 4 is 5.91 Å². The monoisotopic (exact) mass is 351 g/mol. The van der Waals surface area contributed by atoms with Crippen molar-refractivity contribution in [2.75, 3.05) is 0 Å². The molecule has 26 heavy (non-hydrogen) atoms. The van der Waals surface area contributed by atoms with E-state index in [9.17, 15) is 4.79 Å². The molecule has 0 aromatic heterocycles. The number of carbonyl (C=O) groups is 1. The van der Waals surface area contributed by atoms with Gasteiger partial charge in [0, 0.05) is 11.6 Å². The maximum atomic E-state index is 12.8. The molecule has 1 fully saturated rings. The van der Waals surface area contributed by atoms with E-state index in [-0.39, 0.29) is 11.8 Å². The van der Waals surface area contributed by atoms with E-state index in [1.807, 2.05) is 66.8 Å². The summed E-state index contributed by atoms with van der Waals surface area (Å²) in [5.41, 5.74) is 0.850. The Kier molecular flexibility index (Phi) is 10.2. The van der Waals surface area contributed by atoms with Gasteiger partial charge < -0.3 is 5.32 Å². The van der Waals surface area contributed by atoms with Crippen molar-refractivity contribution in [3.63, 3.8) is 0 Å². The molecule has 140 valence electrons. The van der Waals surface area contributed by atoms with E-state index >= 15 is 0 Å². The molecular formula is C24H33NO. The zero-order valence-electron chi connectivity index (χ0n) is 15.9. The summed E-state index contributed by atoms with van der Waals surface area (Å²) in [4.78, 5) is 12.8. The lowest BCUT2D eigenvalue weighted by Gasteiger charge is -2.17. The summed E-state index contributed by atoms with van der Waals surface area (Å²) in [5, 5.41) is 3.15. The summed E-state index contributed by atoms with van der Waals surface area (Å²) in [6.07, 6.45) is 34.0. The van der Waals surface area contributed by atoms with Crippen molar-refractivity contribution in [2.24, 2.45) is 5.92 Å². The van der Waals surface area contributed by atoms with Gasteiger partial charge in [0.05, 0.1) is 0 Å². The minimum Gasteiger partial charge on any atom is -0.326 e. The molecule has 2 rings (SSSR count). The lowest BCUT2D eigenvalue weighted by atomic mass is 9.94. The van der Waals surface area contributed by atoms with E-state index in [1.54, 1.807) is 0 Å². The number of rotatable bonds is 2. The molecule has 2 heteroatoms. The second-order valence-corrected chi connectivity index (χ2v) is 7.11. The first kappa shape index (κ1) is 20.2. The van der Waals surface area contributed by atoms with E-state index in [2.05, 4.69) is 5.32 Å². The van der Waals surface area contributed by atoms with Crippen LogP contribution in [0.2, 0.25) is 0 Å². The lowest BCUT2D eigenvalue weighted by molar-refractivity contribution is -0.124. The highest BCUT2D eigenvalue weighted by Crippen LogP contribution is 2.21. The van der Waals surface area contributed by atoms with Gasteiger partial charge in [-0.05, 0) is 25.0 Å². The van der Waals surface area contributed by atoms with Gasteiger partial charge in [0.25, 0.3) is 0 Å². The SMILES string of the molecule is O=C(NC1=C\C=C/C=C\C=C/C=C\C=C1)C1CCCCCCCCCC1. The van der Waals surface area contributed by atoms with Crippen LogP contribution < -0.4 is 5.32 Å². The minimum absolute atomic E-state index is 0.145. The Labute approximate surface area is 159 Å². The molecule has 0 aromatic rings. The third kappa shape index (κ3) is 8.84. The Morgan fingerprint density at radius 2 is 1.12 bits per heavy atom. The summed E-state index contributed by atoms with van der Waals surface area (Å²) in [5.74, 6) is 0.325. The summed E-state index contributed by atoms with van der Waals surface area (Å²) in [7, 11) is 0. The topological polar surface area (TPSA) is 29.1 Å². The Balaban J connectivity index is 1.98. The molecular weight excluding hydrogens is 318 g/mol. The van der Waals surface area contributed by atoms with E-state index in [0.717, 1.165) is 18.5 Å². The fourth-order valence-electron chi connectivity index (χ4n) is 3.40. The van der Waals surface area contributed by atoms with Crippen molar-refractivity contribution in [2.45, 2.75) is 64.2 Å². The normalized spacial score (nSPS) is 25.5. The number of allylic oxidation sites excluding steroid dienone is 11. The number of nitrogens with one attached hydrogen (secondary N) is 1. The maximum absolute atomic E-state index is 12.8. The van der Waals surface area contributed by atoms with Gasteiger partial charge in [-0.2, -0.15) is 0 Å². The molecule has 1 saturated carbocycles. The van der Waals surface area contributed by atoms with Crippen LogP contribution >= 0.6 is 0 Å². The number of carbonyl (C=O) groups excluding carboxylic acids is 1. The predicted molar refractivity (Wildman–Crippen MR) is 112 cm³/mol. The smallest absolute Gasteiger partial charge is 0.227 e. The molecule has 0 aliphatic heterocycles. The zero-order valence-corrected chi connectivity index (χ0v) is 15.9. The van der Waals surface area contributed by atoms with E-state index in [1.165, 1.54) is 51.4 Å². The van der Waals surface area contributed by atoms with Crippen LogP contribution in [0.1, 0.15) is 64.2 Å².